The number of alkyl halides is 16. The second-order valence-corrected chi connectivity index (χ2v) is 5.84. The van der Waals surface area contributed by atoms with Crippen molar-refractivity contribution in [2.24, 2.45) is 0 Å². The van der Waals surface area contributed by atoms with Crippen molar-refractivity contribution < 1.29 is 80.1 Å². The Balaban J connectivity index is 6.60. The second-order valence-electron chi connectivity index (χ2n) is 5.84. The van der Waals surface area contributed by atoms with Gasteiger partial charge in [-0.25, -0.2) is 22.4 Å². The molecule has 0 amide bonds. The van der Waals surface area contributed by atoms with E-state index in [9.17, 15) is 75.0 Å². The van der Waals surface area contributed by atoms with E-state index in [1.165, 1.54) is 0 Å². The molecule has 0 aliphatic rings. The molecule has 0 rings (SSSR count). The Morgan fingerprint density at radius 1 is 0.677 bits per heavy atom. The van der Waals surface area contributed by atoms with Crippen LogP contribution >= 0.6 is 0 Å². The molecule has 31 heavy (non-hydrogen) atoms. The predicted molar refractivity (Wildman–Crippen MR) is 66.9 cm³/mol. The van der Waals surface area contributed by atoms with Gasteiger partial charge in [-0.3, -0.25) is 0 Å². The normalized spacial score (nSPS) is 17.7. The molecule has 0 saturated carbocycles. The van der Waals surface area contributed by atoms with Gasteiger partial charge in [-0.2, -0.15) is 52.7 Å². The Kier molecular flexibility index (Phi) is 7.71. The first kappa shape index (κ1) is 29.1. The zero-order valence-electron chi connectivity index (χ0n) is 14.2. The zero-order chi connectivity index (χ0) is 25.6. The number of allylic oxidation sites excluding steroid dienone is 1. The molecule has 184 valence electrons. The summed E-state index contributed by atoms with van der Waals surface area (Å²) < 4.78 is 209. The number of hydrogen-bond donors (Lipinski definition) is 1. The summed E-state index contributed by atoms with van der Waals surface area (Å²) in [5, 5.41) is 8.27. The molecule has 0 saturated heterocycles. The van der Waals surface area contributed by atoms with Crippen molar-refractivity contribution in [1.29, 1.82) is 0 Å². The number of rotatable bonds is 10. The molecular weight excluding hydrogens is 492 g/mol. The highest BCUT2D eigenvalue weighted by atomic mass is 19.4. The Hall–Kier alpha value is -1.91. The fourth-order valence-corrected chi connectivity index (χ4v) is 1.71. The van der Waals surface area contributed by atoms with Gasteiger partial charge in [-0.05, 0) is 13.0 Å². The lowest BCUT2D eigenvalue weighted by atomic mass is 9.88. The molecule has 2 atom stereocenters. The van der Waals surface area contributed by atoms with Crippen molar-refractivity contribution in [1.82, 2.24) is 0 Å². The average molecular weight is 500 g/mol. The minimum absolute atomic E-state index is 0.219. The predicted octanol–water partition coefficient (Wildman–Crippen LogP) is 5.77. The highest BCUT2D eigenvalue weighted by Gasteiger charge is 2.91. The van der Waals surface area contributed by atoms with E-state index in [0.717, 1.165) is 0 Å². The van der Waals surface area contributed by atoms with Crippen molar-refractivity contribution in [3.8, 4) is 0 Å². The minimum atomic E-state index is -8.37. The van der Waals surface area contributed by atoms with Gasteiger partial charge in [0.2, 0.25) is 6.17 Å². The van der Waals surface area contributed by atoms with Gasteiger partial charge in [0.15, 0.2) is 6.17 Å². The topological polar surface area (TPSA) is 37.3 Å². The zero-order valence-corrected chi connectivity index (χ0v) is 14.2. The number of carboxylic acids is 1. The van der Waals surface area contributed by atoms with Crippen LogP contribution < -0.4 is 0 Å². The number of halogens is 16. The molecule has 0 aromatic rings. The van der Waals surface area contributed by atoms with Crippen molar-refractivity contribution in [3.63, 3.8) is 0 Å². The third kappa shape index (κ3) is 4.25. The van der Waals surface area contributed by atoms with Crippen LogP contribution in [-0.4, -0.2) is 65.4 Å². The van der Waals surface area contributed by atoms with Crippen LogP contribution in [-0.2, 0) is 4.79 Å². The lowest BCUT2D eigenvalue weighted by molar-refractivity contribution is -0.433. The van der Waals surface area contributed by atoms with Crippen LogP contribution in [0.4, 0.5) is 70.2 Å². The van der Waals surface area contributed by atoms with Gasteiger partial charge in [-0.1, -0.05) is 0 Å². The van der Waals surface area contributed by atoms with Crippen LogP contribution in [0.1, 0.15) is 6.92 Å². The van der Waals surface area contributed by atoms with E-state index in [4.69, 9.17) is 5.11 Å². The van der Waals surface area contributed by atoms with E-state index in [-0.39, 0.29) is 6.92 Å². The van der Waals surface area contributed by atoms with Crippen molar-refractivity contribution in [3.05, 3.63) is 11.6 Å². The van der Waals surface area contributed by atoms with E-state index in [1.54, 1.807) is 0 Å². The van der Waals surface area contributed by atoms with E-state index in [2.05, 4.69) is 0 Å². The Morgan fingerprint density at radius 2 is 1.00 bits per heavy atom. The summed E-state index contributed by atoms with van der Waals surface area (Å²) in [4.78, 5) is 10.3. The van der Waals surface area contributed by atoms with Gasteiger partial charge in [0.05, 0.1) is 0 Å². The van der Waals surface area contributed by atoms with Gasteiger partial charge in [0.25, 0.3) is 6.43 Å². The highest BCUT2D eigenvalue weighted by molar-refractivity contribution is 5.85. The van der Waals surface area contributed by atoms with Gasteiger partial charge in [0.1, 0.15) is 0 Å². The number of aliphatic carboxylic acids is 1. The van der Waals surface area contributed by atoms with E-state index < -0.39 is 71.9 Å². The maximum Gasteiger partial charge on any atom is 0.384 e. The van der Waals surface area contributed by atoms with Crippen molar-refractivity contribution in [2.45, 2.75) is 61.2 Å². The second kappa shape index (κ2) is 8.22. The van der Waals surface area contributed by atoms with Crippen LogP contribution in [0.2, 0.25) is 0 Å². The average Bonchev–Trinajstić information content (AvgIpc) is 2.59. The third-order valence-electron chi connectivity index (χ3n) is 3.67. The summed E-state index contributed by atoms with van der Waals surface area (Å²) in [7, 11) is 0. The molecule has 2 unspecified atom stereocenters. The standard InChI is InChI=1S/C13H8F16O2/c1-3(7(30)31)2-4(14)8(18,19)10(22,23)12(26,27)13(28,29)11(24,25)9(20,21)5(15)6(16)17/h2,4-6H,1H3,(H,30,31). The summed E-state index contributed by atoms with van der Waals surface area (Å²) in [5.74, 6) is -49.8. The SMILES string of the molecule is CC(=CC(F)C(F)(F)C(F)(F)C(F)(F)C(F)(F)C(F)(F)C(F)(F)C(F)C(F)F)C(=O)O. The minimum Gasteiger partial charge on any atom is -0.478 e. The molecule has 0 aliphatic carbocycles. The molecule has 0 spiro atoms. The molecule has 0 bridgehead atoms. The van der Waals surface area contributed by atoms with Crippen LogP contribution in [0.5, 0.6) is 0 Å². The molecule has 0 aliphatic heterocycles. The molecule has 0 aromatic heterocycles. The fourth-order valence-electron chi connectivity index (χ4n) is 1.71. The number of carboxylic acid groups (broad SMARTS) is 1. The van der Waals surface area contributed by atoms with Crippen molar-refractivity contribution in [2.75, 3.05) is 0 Å². The van der Waals surface area contributed by atoms with Crippen LogP contribution in [0.3, 0.4) is 0 Å². The van der Waals surface area contributed by atoms with Crippen molar-refractivity contribution >= 4 is 5.97 Å². The first-order chi connectivity index (χ1) is 13.4. The van der Waals surface area contributed by atoms with Crippen LogP contribution in [0.15, 0.2) is 11.6 Å². The molecule has 0 radical (unpaired) electrons. The van der Waals surface area contributed by atoms with Gasteiger partial charge >= 0.3 is 41.5 Å². The number of hydrogen-bond acceptors (Lipinski definition) is 1. The summed E-state index contributed by atoms with van der Waals surface area (Å²) >= 11 is 0. The fraction of sp³-hybridized carbons (Fsp3) is 0.769. The van der Waals surface area contributed by atoms with Gasteiger partial charge in [-0.15, -0.1) is 0 Å². The summed E-state index contributed by atoms with van der Waals surface area (Å²) in [6.07, 6.45) is -16.8. The molecule has 0 heterocycles. The quantitative estimate of drug-likeness (QED) is 0.306. The maximum absolute atomic E-state index is 13.4. The smallest absolute Gasteiger partial charge is 0.384 e. The van der Waals surface area contributed by atoms with Gasteiger partial charge < -0.3 is 5.11 Å². The molecule has 0 aromatic carbocycles. The summed E-state index contributed by atoms with van der Waals surface area (Å²) in [5.41, 5.74) is -1.59. The first-order valence-corrected chi connectivity index (χ1v) is 7.10. The molecule has 18 heteroatoms. The van der Waals surface area contributed by atoms with Crippen LogP contribution in [0.25, 0.3) is 0 Å². The largest absolute Gasteiger partial charge is 0.478 e. The van der Waals surface area contributed by atoms with E-state index in [0.29, 0.717) is 0 Å². The Bertz CT molecular complexity index is 698. The highest BCUT2D eigenvalue weighted by Crippen LogP contribution is 2.61. The van der Waals surface area contributed by atoms with E-state index >= 15 is 0 Å². The summed E-state index contributed by atoms with van der Waals surface area (Å²) in [6, 6.07) is 0. The molecular formula is C13H8F16O2. The molecule has 2 nitrogen and oxygen atoms in total. The lowest BCUT2D eigenvalue weighted by Crippen LogP contribution is -2.73. The molecule has 0 fully saturated rings. The lowest BCUT2D eigenvalue weighted by Gasteiger charge is -2.42. The van der Waals surface area contributed by atoms with E-state index in [1.807, 2.05) is 0 Å². The Labute approximate surface area is 160 Å². The Morgan fingerprint density at radius 3 is 1.29 bits per heavy atom. The van der Waals surface area contributed by atoms with Crippen LogP contribution in [0, 0.1) is 0 Å². The number of carbonyl (C=O) groups is 1. The third-order valence-corrected chi connectivity index (χ3v) is 3.67. The maximum atomic E-state index is 13.4. The molecule has 1 N–H and O–H groups in total. The summed E-state index contributed by atoms with van der Waals surface area (Å²) in [6.45, 7) is 0.219. The first-order valence-electron chi connectivity index (χ1n) is 7.10. The monoisotopic (exact) mass is 500 g/mol. The van der Waals surface area contributed by atoms with Gasteiger partial charge in [0, 0.05) is 5.57 Å².